The van der Waals surface area contributed by atoms with Crippen LogP contribution in [0.2, 0.25) is 0 Å². The number of phenols is 1. The Hall–Kier alpha value is -2.89. The molecule has 0 saturated carbocycles. The Labute approximate surface area is 145 Å². The average Bonchev–Trinajstić information content (AvgIpc) is 2.62. The van der Waals surface area contributed by atoms with E-state index in [9.17, 15) is 9.90 Å². The van der Waals surface area contributed by atoms with E-state index in [1.165, 1.54) is 14.2 Å². The summed E-state index contributed by atoms with van der Waals surface area (Å²) in [6.45, 7) is 1.83. The van der Waals surface area contributed by atoms with Crippen LogP contribution in [0.4, 0.5) is 0 Å². The number of carbonyl (C=O) groups excluding carboxylic acids is 1. The van der Waals surface area contributed by atoms with Crippen molar-refractivity contribution in [2.75, 3.05) is 21.3 Å². The summed E-state index contributed by atoms with van der Waals surface area (Å²) in [7, 11) is 4.54. The highest BCUT2D eigenvalue weighted by atomic mass is 16.5. The lowest BCUT2D eigenvalue weighted by Crippen LogP contribution is -2.22. The summed E-state index contributed by atoms with van der Waals surface area (Å²) in [4.78, 5) is 12.7. The first-order valence-corrected chi connectivity index (χ1v) is 7.82. The van der Waals surface area contributed by atoms with E-state index in [0.717, 1.165) is 5.56 Å². The molecule has 0 bridgehead atoms. The second-order valence-electron chi connectivity index (χ2n) is 5.78. The van der Waals surface area contributed by atoms with Crippen molar-refractivity contribution in [2.24, 2.45) is 0 Å². The molecule has 1 aliphatic heterocycles. The molecule has 0 spiro atoms. The van der Waals surface area contributed by atoms with Gasteiger partial charge in [0.05, 0.1) is 27.8 Å². The lowest BCUT2D eigenvalue weighted by atomic mass is 9.93. The third-order valence-electron chi connectivity index (χ3n) is 4.37. The van der Waals surface area contributed by atoms with Crippen LogP contribution in [0.5, 0.6) is 28.7 Å². The van der Waals surface area contributed by atoms with E-state index in [-0.39, 0.29) is 18.0 Å². The fourth-order valence-corrected chi connectivity index (χ4v) is 3.04. The van der Waals surface area contributed by atoms with Crippen LogP contribution in [0, 0.1) is 6.92 Å². The van der Waals surface area contributed by atoms with E-state index in [1.54, 1.807) is 31.4 Å². The minimum Gasteiger partial charge on any atom is -0.504 e. The van der Waals surface area contributed by atoms with Crippen LogP contribution in [0.15, 0.2) is 24.3 Å². The lowest BCUT2D eigenvalue weighted by molar-refractivity contribution is 0.0841. The molecule has 2 aromatic carbocycles. The van der Waals surface area contributed by atoms with Gasteiger partial charge in [-0.05, 0) is 24.6 Å². The van der Waals surface area contributed by atoms with Gasteiger partial charge in [-0.25, -0.2) is 0 Å². The van der Waals surface area contributed by atoms with Gasteiger partial charge in [-0.15, -0.1) is 0 Å². The van der Waals surface area contributed by atoms with Gasteiger partial charge in [-0.2, -0.15) is 0 Å². The molecule has 132 valence electrons. The fraction of sp³-hybridized carbons (Fsp3) is 0.316. The highest BCUT2D eigenvalue weighted by Gasteiger charge is 2.33. The van der Waals surface area contributed by atoms with E-state index in [4.69, 9.17) is 18.9 Å². The van der Waals surface area contributed by atoms with Crippen LogP contribution in [0.1, 0.15) is 34.0 Å². The number of benzene rings is 2. The molecule has 1 unspecified atom stereocenters. The summed E-state index contributed by atoms with van der Waals surface area (Å²) in [5.41, 5.74) is 1.85. The predicted molar refractivity (Wildman–Crippen MR) is 91.3 cm³/mol. The zero-order valence-corrected chi connectivity index (χ0v) is 14.6. The number of methoxy groups -OCH3 is 3. The number of hydrogen-bond acceptors (Lipinski definition) is 6. The molecule has 3 rings (SSSR count). The summed E-state index contributed by atoms with van der Waals surface area (Å²) in [5, 5.41) is 10.00. The van der Waals surface area contributed by atoms with Gasteiger partial charge in [0.2, 0.25) is 0 Å². The lowest BCUT2D eigenvalue weighted by Gasteiger charge is -2.29. The smallest absolute Gasteiger partial charge is 0.174 e. The van der Waals surface area contributed by atoms with Crippen LogP contribution in [0.3, 0.4) is 0 Å². The second kappa shape index (κ2) is 6.55. The quantitative estimate of drug-likeness (QED) is 0.916. The van der Waals surface area contributed by atoms with E-state index >= 15 is 0 Å². The Bertz CT molecular complexity index is 827. The number of ketones is 1. The molecular formula is C19H20O6. The molecular weight excluding hydrogens is 324 g/mol. The highest BCUT2D eigenvalue weighted by Crippen LogP contribution is 2.46. The van der Waals surface area contributed by atoms with Crippen LogP contribution >= 0.6 is 0 Å². The number of aromatic hydroxyl groups is 1. The third kappa shape index (κ3) is 2.84. The Kier molecular flexibility index (Phi) is 4.44. The van der Waals surface area contributed by atoms with Crippen LogP contribution in [-0.2, 0) is 0 Å². The summed E-state index contributed by atoms with van der Waals surface area (Å²) in [5.74, 6) is 1.75. The molecule has 0 aliphatic carbocycles. The molecule has 0 aromatic heterocycles. The number of Topliss-reactive ketones (excluding diaryl/α,β-unsaturated/α-hetero) is 1. The molecule has 6 heteroatoms. The maximum absolute atomic E-state index is 12.7. The molecule has 2 aromatic rings. The Morgan fingerprint density at radius 3 is 2.32 bits per heavy atom. The van der Waals surface area contributed by atoms with Crippen molar-refractivity contribution in [1.82, 2.24) is 0 Å². The topological polar surface area (TPSA) is 74.2 Å². The molecule has 1 aliphatic rings. The predicted octanol–water partition coefficient (Wildman–Crippen LogP) is 3.43. The number of carbonyl (C=O) groups is 1. The van der Waals surface area contributed by atoms with Crippen molar-refractivity contribution < 1.29 is 28.8 Å². The zero-order chi connectivity index (χ0) is 18.1. The normalized spacial score (nSPS) is 16.0. The molecule has 1 heterocycles. The summed E-state index contributed by atoms with van der Waals surface area (Å²) >= 11 is 0. The largest absolute Gasteiger partial charge is 0.504 e. The van der Waals surface area contributed by atoms with Crippen molar-refractivity contribution in [3.05, 3.63) is 41.0 Å². The summed E-state index contributed by atoms with van der Waals surface area (Å²) in [6.07, 6.45) is -0.353. The second-order valence-corrected chi connectivity index (χ2v) is 5.78. The zero-order valence-electron chi connectivity index (χ0n) is 14.6. The summed E-state index contributed by atoms with van der Waals surface area (Å²) in [6, 6.07) is 6.66. The molecule has 1 atom stereocenters. The number of fused-ring (bicyclic) bond motifs is 1. The van der Waals surface area contributed by atoms with Crippen LogP contribution < -0.4 is 18.9 Å². The van der Waals surface area contributed by atoms with Crippen molar-refractivity contribution in [3.8, 4) is 28.7 Å². The van der Waals surface area contributed by atoms with Gasteiger partial charge in [0, 0.05) is 11.6 Å². The monoisotopic (exact) mass is 344 g/mol. The first-order valence-electron chi connectivity index (χ1n) is 7.82. The van der Waals surface area contributed by atoms with Gasteiger partial charge in [-0.3, -0.25) is 4.79 Å². The van der Waals surface area contributed by atoms with Gasteiger partial charge in [-0.1, -0.05) is 6.07 Å². The Morgan fingerprint density at radius 1 is 1.04 bits per heavy atom. The standard InChI is InChI=1S/C19H20O6/c1-10-15(23-3)9-17(24-4)18-13(21)8-16(25-19(10)18)11-5-6-14(22-2)12(20)7-11/h5-7,9,16,20H,8H2,1-4H3. The SMILES string of the molecule is COc1ccc(C2CC(=O)c3c(OC)cc(OC)c(C)c3O2)cc1O. The van der Waals surface area contributed by atoms with E-state index in [1.807, 2.05) is 6.92 Å². The van der Waals surface area contributed by atoms with Gasteiger partial charge in [0.15, 0.2) is 17.3 Å². The summed E-state index contributed by atoms with van der Waals surface area (Å²) < 4.78 is 21.8. The first-order chi connectivity index (χ1) is 12.0. The minimum atomic E-state index is -0.507. The van der Waals surface area contributed by atoms with Crippen molar-refractivity contribution in [1.29, 1.82) is 0 Å². The van der Waals surface area contributed by atoms with Crippen molar-refractivity contribution in [3.63, 3.8) is 0 Å². The van der Waals surface area contributed by atoms with Crippen LogP contribution in [-0.4, -0.2) is 32.2 Å². The molecule has 0 amide bonds. The Balaban J connectivity index is 2.06. The van der Waals surface area contributed by atoms with E-state index in [2.05, 4.69) is 0 Å². The first kappa shape index (κ1) is 17.0. The van der Waals surface area contributed by atoms with Gasteiger partial charge in [0.1, 0.15) is 28.9 Å². The number of phenolic OH excluding ortho intramolecular Hbond substituents is 1. The molecule has 0 radical (unpaired) electrons. The molecule has 25 heavy (non-hydrogen) atoms. The third-order valence-corrected chi connectivity index (χ3v) is 4.37. The van der Waals surface area contributed by atoms with Gasteiger partial charge in [0.25, 0.3) is 0 Å². The number of ether oxygens (including phenoxy) is 4. The van der Waals surface area contributed by atoms with Crippen LogP contribution in [0.25, 0.3) is 0 Å². The maximum atomic E-state index is 12.7. The van der Waals surface area contributed by atoms with Gasteiger partial charge >= 0.3 is 0 Å². The molecule has 0 fully saturated rings. The van der Waals surface area contributed by atoms with Crippen molar-refractivity contribution >= 4 is 5.78 Å². The fourth-order valence-electron chi connectivity index (χ4n) is 3.04. The number of hydrogen-bond donors (Lipinski definition) is 1. The highest BCUT2D eigenvalue weighted by molar-refractivity contribution is 6.03. The minimum absolute atomic E-state index is 0.00166. The average molecular weight is 344 g/mol. The molecule has 1 N–H and O–H groups in total. The number of rotatable bonds is 4. The van der Waals surface area contributed by atoms with Gasteiger partial charge < -0.3 is 24.1 Å². The molecule has 6 nitrogen and oxygen atoms in total. The Morgan fingerprint density at radius 2 is 1.72 bits per heavy atom. The van der Waals surface area contributed by atoms with Crippen molar-refractivity contribution in [2.45, 2.75) is 19.4 Å². The van der Waals surface area contributed by atoms with E-state index < -0.39 is 6.10 Å². The van der Waals surface area contributed by atoms with E-state index in [0.29, 0.717) is 34.1 Å². The molecule has 0 saturated heterocycles. The maximum Gasteiger partial charge on any atom is 0.174 e.